The summed E-state index contributed by atoms with van der Waals surface area (Å²) in [7, 11) is 0. The Labute approximate surface area is 161 Å². The number of rotatable bonds is 6. The Morgan fingerprint density at radius 2 is 2.00 bits per heavy atom. The molecule has 1 atom stereocenters. The molecule has 27 heavy (non-hydrogen) atoms. The fraction of sp³-hybridized carbons (Fsp3) is 0.368. The zero-order chi connectivity index (χ0) is 19.4. The van der Waals surface area contributed by atoms with Crippen molar-refractivity contribution in [2.45, 2.75) is 44.2 Å². The van der Waals surface area contributed by atoms with Gasteiger partial charge in [0.1, 0.15) is 5.82 Å². The maximum absolute atomic E-state index is 12.8. The zero-order valence-electron chi connectivity index (χ0n) is 15.3. The maximum Gasteiger partial charge on any atom is 0.257 e. The first-order chi connectivity index (χ1) is 13.0. The van der Waals surface area contributed by atoms with Crippen LogP contribution in [0.3, 0.4) is 0 Å². The van der Waals surface area contributed by atoms with Gasteiger partial charge in [-0.15, -0.1) is 0 Å². The maximum atomic E-state index is 12.8. The SMILES string of the molecule is CCCSc1nc2c(c(=O)[nH]1)C(C(=O)Nc1ccc(CC)cc1)CC(=O)N2. The Morgan fingerprint density at radius 1 is 1.26 bits per heavy atom. The number of thioether (sulfide) groups is 1. The average molecular weight is 386 g/mol. The quantitative estimate of drug-likeness (QED) is 0.523. The summed E-state index contributed by atoms with van der Waals surface area (Å²) in [5.74, 6) is -0.617. The number of amides is 2. The van der Waals surface area contributed by atoms with Crippen LogP contribution in [0.4, 0.5) is 11.5 Å². The Bertz CT molecular complexity index is 908. The van der Waals surface area contributed by atoms with E-state index in [1.807, 2.05) is 31.2 Å². The van der Waals surface area contributed by atoms with Gasteiger partial charge in [-0.3, -0.25) is 14.4 Å². The third-order valence-electron chi connectivity index (χ3n) is 4.32. The minimum absolute atomic E-state index is 0.0852. The summed E-state index contributed by atoms with van der Waals surface area (Å²) in [4.78, 5) is 44.4. The van der Waals surface area contributed by atoms with Crippen molar-refractivity contribution >= 4 is 35.1 Å². The van der Waals surface area contributed by atoms with Gasteiger partial charge in [0.05, 0.1) is 11.5 Å². The van der Waals surface area contributed by atoms with Gasteiger partial charge in [0.15, 0.2) is 5.16 Å². The molecule has 7 nitrogen and oxygen atoms in total. The molecule has 0 radical (unpaired) electrons. The van der Waals surface area contributed by atoms with E-state index in [4.69, 9.17) is 0 Å². The molecule has 1 aliphatic heterocycles. The van der Waals surface area contributed by atoms with Crippen LogP contribution in [0.5, 0.6) is 0 Å². The third kappa shape index (κ3) is 4.39. The lowest BCUT2D eigenvalue weighted by atomic mass is 9.92. The number of hydrogen-bond donors (Lipinski definition) is 3. The highest BCUT2D eigenvalue weighted by Gasteiger charge is 2.34. The van der Waals surface area contributed by atoms with E-state index >= 15 is 0 Å². The van der Waals surface area contributed by atoms with Gasteiger partial charge in [0.2, 0.25) is 11.8 Å². The van der Waals surface area contributed by atoms with Gasteiger partial charge >= 0.3 is 0 Å². The summed E-state index contributed by atoms with van der Waals surface area (Å²) >= 11 is 1.41. The smallest absolute Gasteiger partial charge is 0.257 e. The molecule has 2 aromatic rings. The van der Waals surface area contributed by atoms with Crippen molar-refractivity contribution in [3.63, 3.8) is 0 Å². The minimum Gasteiger partial charge on any atom is -0.326 e. The van der Waals surface area contributed by atoms with Crippen molar-refractivity contribution in [2.75, 3.05) is 16.4 Å². The lowest BCUT2D eigenvalue weighted by Crippen LogP contribution is -2.36. The normalized spacial score (nSPS) is 15.8. The molecule has 1 aromatic carbocycles. The number of anilines is 2. The molecule has 0 aliphatic carbocycles. The van der Waals surface area contributed by atoms with E-state index in [0.29, 0.717) is 10.8 Å². The lowest BCUT2D eigenvalue weighted by Gasteiger charge is -2.23. The Hall–Kier alpha value is -2.61. The topological polar surface area (TPSA) is 104 Å². The molecule has 0 saturated heterocycles. The van der Waals surface area contributed by atoms with Gasteiger partial charge in [-0.05, 0) is 30.5 Å². The summed E-state index contributed by atoms with van der Waals surface area (Å²) < 4.78 is 0. The summed E-state index contributed by atoms with van der Waals surface area (Å²) in [5, 5.41) is 5.86. The van der Waals surface area contributed by atoms with E-state index in [1.54, 1.807) is 0 Å². The van der Waals surface area contributed by atoms with Crippen molar-refractivity contribution in [2.24, 2.45) is 0 Å². The summed E-state index contributed by atoms with van der Waals surface area (Å²) in [6, 6.07) is 7.49. The monoisotopic (exact) mass is 386 g/mol. The number of aromatic nitrogens is 2. The second kappa shape index (κ2) is 8.39. The van der Waals surface area contributed by atoms with Crippen LogP contribution in [0.2, 0.25) is 0 Å². The van der Waals surface area contributed by atoms with Crippen molar-refractivity contribution in [1.82, 2.24) is 9.97 Å². The highest BCUT2D eigenvalue weighted by atomic mass is 32.2. The van der Waals surface area contributed by atoms with Crippen LogP contribution in [0.15, 0.2) is 34.2 Å². The molecule has 8 heteroatoms. The number of nitrogens with one attached hydrogen (secondary N) is 3. The molecule has 1 aromatic heterocycles. The van der Waals surface area contributed by atoms with Crippen molar-refractivity contribution in [1.29, 1.82) is 0 Å². The van der Waals surface area contributed by atoms with E-state index in [2.05, 4.69) is 27.5 Å². The molecule has 0 fully saturated rings. The molecule has 1 unspecified atom stereocenters. The second-order valence-electron chi connectivity index (χ2n) is 6.33. The second-order valence-corrected chi connectivity index (χ2v) is 7.41. The first kappa shape index (κ1) is 19.2. The lowest BCUT2D eigenvalue weighted by molar-refractivity contribution is -0.123. The molecule has 3 rings (SSSR count). The van der Waals surface area contributed by atoms with Crippen LogP contribution < -0.4 is 16.2 Å². The number of benzene rings is 1. The number of aryl methyl sites for hydroxylation is 1. The van der Waals surface area contributed by atoms with Gasteiger partial charge in [0.25, 0.3) is 5.56 Å². The molecular weight excluding hydrogens is 364 g/mol. The molecule has 3 N–H and O–H groups in total. The molecule has 0 bridgehead atoms. The van der Waals surface area contributed by atoms with Crippen LogP contribution in [0.1, 0.15) is 43.7 Å². The standard InChI is InChI=1S/C19H22N4O3S/c1-3-9-27-19-22-16-15(18(26)23-19)13(10-14(24)21-16)17(25)20-12-7-5-11(4-2)6-8-12/h5-8,13H,3-4,9-10H2,1-2H3,(H,20,25)(H2,21,22,23,24,26). The highest BCUT2D eigenvalue weighted by Crippen LogP contribution is 2.30. The predicted molar refractivity (Wildman–Crippen MR) is 106 cm³/mol. The van der Waals surface area contributed by atoms with Gasteiger partial charge in [-0.2, -0.15) is 0 Å². The molecule has 2 heterocycles. The molecule has 0 spiro atoms. The van der Waals surface area contributed by atoms with Gasteiger partial charge in [-0.1, -0.05) is 37.7 Å². The number of carbonyl (C=O) groups excluding carboxylic acids is 2. The Balaban J connectivity index is 1.87. The average Bonchev–Trinajstić information content (AvgIpc) is 2.66. The number of carbonyl (C=O) groups is 2. The fourth-order valence-corrected chi connectivity index (χ4v) is 3.61. The van der Waals surface area contributed by atoms with E-state index in [0.717, 1.165) is 24.2 Å². The number of fused-ring (bicyclic) bond motifs is 1. The summed E-state index contributed by atoms with van der Waals surface area (Å²) in [6.07, 6.45) is 1.75. The predicted octanol–water partition coefficient (Wildman–Crippen LogP) is 2.90. The number of hydrogen-bond acceptors (Lipinski definition) is 5. The molecule has 0 saturated carbocycles. The third-order valence-corrected chi connectivity index (χ3v) is 5.40. The Morgan fingerprint density at radius 3 is 2.67 bits per heavy atom. The van der Waals surface area contributed by atoms with Gasteiger partial charge < -0.3 is 15.6 Å². The molecular formula is C19H22N4O3S. The number of nitrogens with zero attached hydrogens (tertiary/aromatic N) is 1. The van der Waals surface area contributed by atoms with Crippen LogP contribution in [0.25, 0.3) is 0 Å². The van der Waals surface area contributed by atoms with Crippen LogP contribution in [0, 0.1) is 0 Å². The van der Waals surface area contributed by atoms with Crippen LogP contribution >= 0.6 is 11.8 Å². The number of H-pyrrole nitrogens is 1. The zero-order valence-corrected chi connectivity index (χ0v) is 16.1. The van der Waals surface area contributed by atoms with E-state index in [9.17, 15) is 14.4 Å². The van der Waals surface area contributed by atoms with Crippen molar-refractivity contribution in [3.8, 4) is 0 Å². The van der Waals surface area contributed by atoms with E-state index in [1.165, 1.54) is 11.8 Å². The Kier molecular flexibility index (Phi) is 5.95. The summed E-state index contributed by atoms with van der Waals surface area (Å²) in [5.41, 5.74) is 1.61. The largest absolute Gasteiger partial charge is 0.326 e. The number of aromatic amines is 1. The summed E-state index contributed by atoms with van der Waals surface area (Å²) in [6.45, 7) is 4.08. The van der Waals surface area contributed by atoms with E-state index in [-0.39, 0.29) is 29.3 Å². The van der Waals surface area contributed by atoms with E-state index < -0.39 is 11.8 Å². The molecule has 1 aliphatic rings. The molecule has 2 amide bonds. The van der Waals surface area contributed by atoms with Gasteiger partial charge in [-0.25, -0.2) is 4.98 Å². The first-order valence-corrected chi connectivity index (χ1v) is 9.97. The van der Waals surface area contributed by atoms with Crippen LogP contribution in [-0.2, 0) is 16.0 Å². The highest BCUT2D eigenvalue weighted by molar-refractivity contribution is 7.99. The fourth-order valence-electron chi connectivity index (χ4n) is 2.89. The van der Waals surface area contributed by atoms with Gasteiger partial charge in [0, 0.05) is 17.9 Å². The van der Waals surface area contributed by atoms with Crippen molar-refractivity contribution < 1.29 is 9.59 Å². The van der Waals surface area contributed by atoms with Crippen molar-refractivity contribution in [3.05, 3.63) is 45.7 Å². The minimum atomic E-state index is -0.874. The van der Waals surface area contributed by atoms with Crippen LogP contribution in [-0.4, -0.2) is 27.5 Å². The first-order valence-electron chi connectivity index (χ1n) is 8.98. The molecule has 142 valence electrons.